The summed E-state index contributed by atoms with van der Waals surface area (Å²) < 4.78 is 29.7. The third kappa shape index (κ3) is 4.06. The van der Waals surface area contributed by atoms with Crippen LogP contribution in [0.4, 0.5) is 8.78 Å². The lowest BCUT2D eigenvalue weighted by Crippen LogP contribution is -2.23. The lowest BCUT2D eigenvalue weighted by molar-refractivity contribution is 0.401. The second kappa shape index (κ2) is 7.61. The summed E-state index contributed by atoms with van der Waals surface area (Å²) in [5.41, 5.74) is 3.46. The Morgan fingerprint density at radius 3 is 2.45 bits per heavy atom. The molecule has 6 heteroatoms. The maximum atomic E-state index is 14.9. The number of halogens is 2. The molecule has 4 rings (SSSR count). The van der Waals surface area contributed by atoms with Crippen molar-refractivity contribution in [1.82, 2.24) is 9.99 Å². The molecule has 0 saturated carbocycles. The van der Waals surface area contributed by atoms with Gasteiger partial charge in [-0.25, -0.2) is 8.78 Å². The molecule has 1 aliphatic rings. The standard InChI is InChI=1S/C25H23F2N3O/c1-15-24-19(9-20(12-22(24)27)25(2,3)4)13-29-30(15)14-18-6-5-16(10-21(18)26)17-7-8-28-23(31)11-17/h5-13H,1,14H2,2-4H3,(H,28,31). The van der Waals surface area contributed by atoms with E-state index in [-0.39, 0.29) is 23.3 Å². The van der Waals surface area contributed by atoms with Crippen LogP contribution >= 0.6 is 0 Å². The Hall–Kier alpha value is -3.54. The molecule has 0 fully saturated rings. The summed E-state index contributed by atoms with van der Waals surface area (Å²) in [4.78, 5) is 14.0. The molecule has 0 radical (unpaired) electrons. The minimum Gasteiger partial charge on any atom is -0.329 e. The van der Waals surface area contributed by atoms with E-state index in [2.05, 4.69) is 16.7 Å². The SMILES string of the molecule is C=C1c2c(F)cc(C(C)(C)C)cc2C=NN1Cc1ccc(-c2cc[nH]c(=O)c2)cc1F. The molecule has 0 spiro atoms. The van der Waals surface area contributed by atoms with Gasteiger partial charge >= 0.3 is 0 Å². The molecule has 158 valence electrons. The van der Waals surface area contributed by atoms with E-state index in [1.54, 1.807) is 24.4 Å². The second-order valence-corrected chi connectivity index (χ2v) is 8.67. The highest BCUT2D eigenvalue weighted by atomic mass is 19.1. The molecular weight excluding hydrogens is 396 g/mol. The summed E-state index contributed by atoms with van der Waals surface area (Å²) in [5.74, 6) is -0.802. The van der Waals surface area contributed by atoms with E-state index >= 15 is 0 Å². The second-order valence-electron chi connectivity index (χ2n) is 8.67. The van der Waals surface area contributed by atoms with Crippen LogP contribution in [0.1, 0.15) is 43.0 Å². The average Bonchev–Trinajstić information content (AvgIpc) is 2.70. The molecule has 1 N–H and O–H groups in total. The normalized spacial score (nSPS) is 13.5. The number of hydrazone groups is 1. The van der Waals surface area contributed by atoms with Gasteiger partial charge in [-0.15, -0.1) is 0 Å². The highest BCUT2D eigenvalue weighted by Gasteiger charge is 2.25. The first-order valence-corrected chi connectivity index (χ1v) is 9.96. The van der Waals surface area contributed by atoms with Gasteiger partial charge in [0.15, 0.2) is 0 Å². The van der Waals surface area contributed by atoms with Crippen LogP contribution in [0.15, 0.2) is 65.1 Å². The van der Waals surface area contributed by atoms with Crippen LogP contribution in [0.2, 0.25) is 0 Å². The van der Waals surface area contributed by atoms with Gasteiger partial charge in [0.1, 0.15) is 11.6 Å². The molecule has 0 unspecified atom stereocenters. The molecule has 0 atom stereocenters. The number of nitrogens with zero attached hydrogens (tertiary/aromatic N) is 2. The van der Waals surface area contributed by atoms with Crippen molar-refractivity contribution in [2.75, 3.05) is 0 Å². The van der Waals surface area contributed by atoms with Gasteiger partial charge in [-0.05, 0) is 46.4 Å². The van der Waals surface area contributed by atoms with E-state index < -0.39 is 5.82 Å². The maximum absolute atomic E-state index is 14.9. The van der Waals surface area contributed by atoms with Crippen LogP contribution in [-0.4, -0.2) is 16.2 Å². The Bertz CT molecular complexity index is 1270. The first-order valence-electron chi connectivity index (χ1n) is 9.96. The highest BCUT2D eigenvalue weighted by Crippen LogP contribution is 2.33. The molecule has 31 heavy (non-hydrogen) atoms. The number of nitrogens with one attached hydrogen (secondary N) is 1. The molecule has 1 aromatic heterocycles. The van der Waals surface area contributed by atoms with Crippen LogP contribution in [0, 0.1) is 11.6 Å². The predicted molar refractivity (Wildman–Crippen MR) is 120 cm³/mol. The van der Waals surface area contributed by atoms with Gasteiger partial charge in [0.2, 0.25) is 5.56 Å². The zero-order valence-corrected chi connectivity index (χ0v) is 17.7. The summed E-state index contributed by atoms with van der Waals surface area (Å²) in [7, 11) is 0. The van der Waals surface area contributed by atoms with Crippen molar-refractivity contribution in [3.8, 4) is 11.1 Å². The number of aromatic nitrogens is 1. The van der Waals surface area contributed by atoms with Crippen molar-refractivity contribution in [3.05, 3.63) is 99.5 Å². The fourth-order valence-corrected chi connectivity index (χ4v) is 3.57. The molecule has 0 saturated heterocycles. The summed E-state index contributed by atoms with van der Waals surface area (Å²) in [5, 5.41) is 5.87. The molecule has 1 aliphatic heterocycles. The van der Waals surface area contributed by atoms with Gasteiger partial charge in [0.05, 0.1) is 18.5 Å². The average molecular weight is 419 g/mol. The van der Waals surface area contributed by atoms with Gasteiger partial charge in [0.25, 0.3) is 0 Å². The maximum Gasteiger partial charge on any atom is 0.248 e. The topological polar surface area (TPSA) is 48.5 Å². The zero-order chi connectivity index (χ0) is 22.3. The summed E-state index contributed by atoms with van der Waals surface area (Å²) >= 11 is 0. The lowest BCUT2D eigenvalue weighted by atomic mass is 9.84. The lowest BCUT2D eigenvalue weighted by Gasteiger charge is -2.28. The van der Waals surface area contributed by atoms with Crippen molar-refractivity contribution in [3.63, 3.8) is 0 Å². The van der Waals surface area contributed by atoms with E-state index in [1.165, 1.54) is 29.4 Å². The third-order valence-electron chi connectivity index (χ3n) is 5.40. The fraction of sp³-hybridized carbons (Fsp3) is 0.200. The predicted octanol–water partition coefficient (Wildman–Crippen LogP) is 5.44. The molecule has 0 bridgehead atoms. The number of hydrogen-bond acceptors (Lipinski definition) is 3. The van der Waals surface area contributed by atoms with Gasteiger partial charge in [-0.3, -0.25) is 9.80 Å². The molecule has 3 aromatic rings. The number of rotatable bonds is 3. The molecule has 0 aliphatic carbocycles. The van der Waals surface area contributed by atoms with Crippen molar-refractivity contribution < 1.29 is 8.78 Å². The Labute approximate surface area is 179 Å². The largest absolute Gasteiger partial charge is 0.329 e. The van der Waals surface area contributed by atoms with Crippen molar-refractivity contribution in [1.29, 1.82) is 0 Å². The minimum atomic E-state index is -0.435. The fourth-order valence-electron chi connectivity index (χ4n) is 3.57. The van der Waals surface area contributed by atoms with Crippen LogP contribution in [0.25, 0.3) is 16.8 Å². The van der Waals surface area contributed by atoms with E-state index in [4.69, 9.17) is 0 Å². The third-order valence-corrected chi connectivity index (χ3v) is 5.40. The van der Waals surface area contributed by atoms with Gasteiger partial charge in [-0.2, -0.15) is 5.10 Å². The number of benzene rings is 2. The Morgan fingerprint density at radius 1 is 1.03 bits per heavy atom. The van der Waals surface area contributed by atoms with Gasteiger partial charge in [-0.1, -0.05) is 39.5 Å². The van der Waals surface area contributed by atoms with Gasteiger partial charge in [0, 0.05) is 29.0 Å². The van der Waals surface area contributed by atoms with E-state index in [9.17, 15) is 13.6 Å². The van der Waals surface area contributed by atoms with Crippen LogP contribution in [0.3, 0.4) is 0 Å². The Morgan fingerprint density at radius 2 is 1.77 bits per heavy atom. The van der Waals surface area contributed by atoms with Crippen LogP contribution in [-0.2, 0) is 12.0 Å². The zero-order valence-electron chi connectivity index (χ0n) is 17.7. The highest BCUT2D eigenvalue weighted by molar-refractivity contribution is 5.91. The molecule has 4 nitrogen and oxygen atoms in total. The van der Waals surface area contributed by atoms with Crippen LogP contribution in [0.5, 0.6) is 0 Å². The first-order chi connectivity index (χ1) is 14.6. The van der Waals surface area contributed by atoms with E-state index in [1.807, 2.05) is 26.8 Å². The first kappa shape index (κ1) is 20.7. The quantitative estimate of drug-likeness (QED) is 0.615. The van der Waals surface area contributed by atoms with E-state index in [0.717, 1.165) is 5.56 Å². The Kier molecular flexibility index (Phi) is 5.09. The van der Waals surface area contributed by atoms with Crippen molar-refractivity contribution in [2.45, 2.75) is 32.7 Å². The molecule has 2 heterocycles. The number of hydrogen-bond donors (Lipinski definition) is 1. The molecule has 0 amide bonds. The number of fused-ring (bicyclic) bond motifs is 1. The number of pyridine rings is 1. The summed E-state index contributed by atoms with van der Waals surface area (Å²) in [6.45, 7) is 10.2. The Balaban J connectivity index is 1.61. The molecule has 2 aromatic carbocycles. The summed E-state index contributed by atoms with van der Waals surface area (Å²) in [6, 6.07) is 11.3. The molecular formula is C25H23F2N3O. The number of aromatic amines is 1. The van der Waals surface area contributed by atoms with Crippen molar-refractivity contribution >= 4 is 11.9 Å². The smallest absolute Gasteiger partial charge is 0.248 e. The van der Waals surface area contributed by atoms with Crippen LogP contribution < -0.4 is 5.56 Å². The summed E-state index contributed by atoms with van der Waals surface area (Å²) in [6.07, 6.45) is 3.11. The number of H-pyrrole nitrogens is 1. The monoisotopic (exact) mass is 419 g/mol. The van der Waals surface area contributed by atoms with Crippen molar-refractivity contribution in [2.24, 2.45) is 5.10 Å². The minimum absolute atomic E-state index is 0.108. The van der Waals surface area contributed by atoms with E-state index in [0.29, 0.717) is 33.5 Å². The van der Waals surface area contributed by atoms with Gasteiger partial charge < -0.3 is 4.98 Å².